The third-order valence-corrected chi connectivity index (χ3v) is 6.44. The summed E-state index contributed by atoms with van der Waals surface area (Å²) in [5.41, 5.74) is 3.16. The summed E-state index contributed by atoms with van der Waals surface area (Å²) >= 11 is 0. The zero-order valence-corrected chi connectivity index (χ0v) is 19.8. The van der Waals surface area contributed by atoms with Gasteiger partial charge in [0.25, 0.3) is 11.5 Å². The van der Waals surface area contributed by atoms with Crippen molar-refractivity contribution in [3.63, 3.8) is 0 Å². The van der Waals surface area contributed by atoms with Crippen LogP contribution in [-0.2, 0) is 6.54 Å². The second-order valence-electron chi connectivity index (χ2n) is 8.77. The molecule has 5 aromatic rings. The predicted molar refractivity (Wildman–Crippen MR) is 136 cm³/mol. The lowest BCUT2D eigenvalue weighted by Gasteiger charge is -2.29. The first kappa shape index (κ1) is 21.9. The molecule has 1 aliphatic rings. The fourth-order valence-electron chi connectivity index (χ4n) is 4.60. The number of carbonyl (C=O) groups is 1. The minimum Gasteiger partial charge on any atom is -0.491 e. The number of benzene rings is 2. The molecule has 0 N–H and O–H groups in total. The maximum absolute atomic E-state index is 13.1. The van der Waals surface area contributed by atoms with Crippen LogP contribution >= 0.6 is 0 Å². The highest BCUT2D eigenvalue weighted by Gasteiger charge is 2.26. The number of hydrogen-bond donors (Lipinski definition) is 0. The van der Waals surface area contributed by atoms with Crippen LogP contribution in [0, 0.1) is 6.92 Å². The third-order valence-electron chi connectivity index (χ3n) is 6.44. The summed E-state index contributed by atoms with van der Waals surface area (Å²) in [6.45, 7) is 3.46. The highest BCUT2D eigenvalue weighted by atomic mass is 16.5. The number of fused-ring (bicyclic) bond motifs is 2. The van der Waals surface area contributed by atoms with Crippen molar-refractivity contribution in [2.24, 2.45) is 0 Å². The first-order valence-corrected chi connectivity index (χ1v) is 11.8. The SMILES string of the molecule is Cc1cn(-c2ccc3n(c2=O)CCN(CCOc2ccccc2-c2cc4ccccc4o2)C3=O)cn1. The Kier molecular flexibility index (Phi) is 5.41. The quantitative estimate of drug-likeness (QED) is 0.362. The van der Waals surface area contributed by atoms with E-state index in [2.05, 4.69) is 4.98 Å². The number of aryl methyl sites for hydroxylation is 1. The first-order chi connectivity index (χ1) is 17.6. The topological polar surface area (TPSA) is 82.5 Å². The van der Waals surface area contributed by atoms with Crippen LogP contribution in [0.25, 0.3) is 28.0 Å². The van der Waals surface area contributed by atoms with Gasteiger partial charge in [-0.2, -0.15) is 0 Å². The van der Waals surface area contributed by atoms with Crippen LogP contribution in [0.15, 0.2) is 88.5 Å². The molecule has 0 atom stereocenters. The van der Waals surface area contributed by atoms with E-state index in [4.69, 9.17) is 9.15 Å². The lowest BCUT2D eigenvalue weighted by atomic mass is 10.1. The molecule has 0 saturated carbocycles. The molecule has 0 radical (unpaired) electrons. The van der Waals surface area contributed by atoms with Crippen LogP contribution in [0.5, 0.6) is 5.75 Å². The number of imidazole rings is 1. The van der Waals surface area contributed by atoms with Crippen LogP contribution in [0.1, 0.15) is 16.2 Å². The van der Waals surface area contributed by atoms with E-state index in [1.54, 1.807) is 38.7 Å². The smallest absolute Gasteiger partial charge is 0.275 e. The molecule has 36 heavy (non-hydrogen) atoms. The van der Waals surface area contributed by atoms with Crippen molar-refractivity contribution in [1.29, 1.82) is 0 Å². The number of furan rings is 1. The third kappa shape index (κ3) is 3.86. The van der Waals surface area contributed by atoms with Crippen LogP contribution < -0.4 is 10.3 Å². The van der Waals surface area contributed by atoms with Gasteiger partial charge in [0.1, 0.15) is 35.1 Å². The second kappa shape index (κ2) is 8.88. The standard InChI is InChI=1S/C28H24N4O4/c1-19-17-31(18-29-19)22-10-11-23-27(33)30(12-13-32(23)28(22)34)14-15-35-25-9-5-3-7-21(25)26-16-20-6-2-4-8-24(20)36-26/h2-11,16-18H,12-15H2,1H3. The number of hydrogen-bond acceptors (Lipinski definition) is 5. The van der Waals surface area contributed by atoms with E-state index in [0.29, 0.717) is 43.4 Å². The Bertz CT molecular complexity index is 1610. The predicted octanol–water partition coefficient (Wildman–Crippen LogP) is 4.29. The minimum atomic E-state index is -0.200. The monoisotopic (exact) mass is 480 g/mol. The van der Waals surface area contributed by atoms with Crippen molar-refractivity contribution in [3.8, 4) is 22.8 Å². The molecule has 0 spiro atoms. The lowest BCUT2D eigenvalue weighted by molar-refractivity contribution is 0.0673. The highest BCUT2D eigenvalue weighted by Crippen LogP contribution is 2.34. The number of pyridine rings is 1. The maximum Gasteiger partial charge on any atom is 0.275 e. The van der Waals surface area contributed by atoms with E-state index in [9.17, 15) is 9.59 Å². The molecule has 0 saturated heterocycles. The van der Waals surface area contributed by atoms with Crippen LogP contribution in [0.4, 0.5) is 0 Å². The van der Waals surface area contributed by atoms with Gasteiger partial charge >= 0.3 is 0 Å². The van der Waals surface area contributed by atoms with Gasteiger partial charge in [-0.3, -0.25) is 9.59 Å². The Morgan fingerprint density at radius 3 is 2.67 bits per heavy atom. The average molecular weight is 481 g/mol. The van der Waals surface area contributed by atoms with Crippen LogP contribution in [-0.4, -0.2) is 44.6 Å². The van der Waals surface area contributed by atoms with E-state index >= 15 is 0 Å². The van der Waals surface area contributed by atoms with Crippen LogP contribution in [0.2, 0.25) is 0 Å². The van der Waals surface area contributed by atoms with Crippen molar-refractivity contribution in [2.75, 3.05) is 19.7 Å². The number of ether oxygens (including phenoxy) is 1. The van der Waals surface area contributed by atoms with E-state index in [0.717, 1.165) is 28.0 Å². The van der Waals surface area contributed by atoms with Gasteiger partial charge in [-0.25, -0.2) is 4.98 Å². The van der Waals surface area contributed by atoms with Gasteiger partial charge in [0, 0.05) is 24.7 Å². The van der Waals surface area contributed by atoms with E-state index < -0.39 is 0 Å². The van der Waals surface area contributed by atoms with E-state index in [1.807, 2.05) is 61.5 Å². The Labute approximate surface area is 207 Å². The number of rotatable bonds is 6. The highest BCUT2D eigenvalue weighted by molar-refractivity contribution is 5.93. The molecule has 8 nitrogen and oxygen atoms in total. The number of carbonyl (C=O) groups excluding carboxylic acids is 1. The molecule has 180 valence electrons. The van der Waals surface area contributed by atoms with Crippen molar-refractivity contribution >= 4 is 16.9 Å². The van der Waals surface area contributed by atoms with Gasteiger partial charge in [-0.05, 0) is 43.3 Å². The molecule has 0 unspecified atom stereocenters. The molecule has 0 fully saturated rings. The van der Waals surface area contributed by atoms with Crippen molar-refractivity contribution in [3.05, 3.63) is 101 Å². The molecule has 1 amide bonds. The number of para-hydroxylation sites is 2. The fourth-order valence-corrected chi connectivity index (χ4v) is 4.60. The second-order valence-corrected chi connectivity index (χ2v) is 8.77. The molecule has 0 aliphatic carbocycles. The molecular formula is C28H24N4O4. The summed E-state index contributed by atoms with van der Waals surface area (Å²) in [6, 6.07) is 21.0. The summed E-state index contributed by atoms with van der Waals surface area (Å²) < 4.78 is 15.3. The molecule has 6 rings (SSSR count). The van der Waals surface area contributed by atoms with Crippen molar-refractivity contribution in [2.45, 2.75) is 13.5 Å². The van der Waals surface area contributed by atoms with Gasteiger partial charge < -0.3 is 23.2 Å². The largest absolute Gasteiger partial charge is 0.491 e. The average Bonchev–Trinajstić information content (AvgIpc) is 3.52. The molecule has 4 heterocycles. The van der Waals surface area contributed by atoms with Crippen molar-refractivity contribution < 1.29 is 13.9 Å². The van der Waals surface area contributed by atoms with Gasteiger partial charge in [0.15, 0.2) is 0 Å². The van der Waals surface area contributed by atoms with Gasteiger partial charge in [-0.1, -0.05) is 30.3 Å². The van der Waals surface area contributed by atoms with E-state index in [1.165, 1.54) is 0 Å². The Morgan fingerprint density at radius 1 is 1.00 bits per heavy atom. The summed E-state index contributed by atoms with van der Waals surface area (Å²) in [4.78, 5) is 32.1. The molecule has 0 bridgehead atoms. The van der Waals surface area contributed by atoms with Crippen molar-refractivity contribution in [1.82, 2.24) is 19.0 Å². The minimum absolute atomic E-state index is 0.180. The maximum atomic E-state index is 13.1. The molecular weight excluding hydrogens is 456 g/mol. The van der Waals surface area contributed by atoms with Gasteiger partial charge in [0.2, 0.25) is 0 Å². The zero-order valence-electron chi connectivity index (χ0n) is 19.8. The van der Waals surface area contributed by atoms with Crippen LogP contribution in [0.3, 0.4) is 0 Å². The Hall–Kier alpha value is -4.59. The summed E-state index contributed by atoms with van der Waals surface area (Å²) in [6.07, 6.45) is 3.40. The summed E-state index contributed by atoms with van der Waals surface area (Å²) in [7, 11) is 0. The molecule has 3 aromatic heterocycles. The molecule has 1 aliphatic heterocycles. The van der Waals surface area contributed by atoms with E-state index in [-0.39, 0.29) is 11.5 Å². The first-order valence-electron chi connectivity index (χ1n) is 11.8. The number of aromatic nitrogens is 3. The number of nitrogens with zero attached hydrogens (tertiary/aromatic N) is 4. The Morgan fingerprint density at radius 2 is 1.83 bits per heavy atom. The summed E-state index contributed by atoms with van der Waals surface area (Å²) in [5.74, 6) is 1.25. The lowest BCUT2D eigenvalue weighted by Crippen LogP contribution is -2.46. The van der Waals surface area contributed by atoms with Gasteiger partial charge in [0.05, 0.1) is 24.1 Å². The fraction of sp³-hybridized carbons (Fsp3) is 0.179. The van der Waals surface area contributed by atoms with Gasteiger partial charge in [-0.15, -0.1) is 0 Å². The molecule has 8 heteroatoms. The molecule has 2 aromatic carbocycles. The normalized spacial score (nSPS) is 13.2. The summed E-state index contributed by atoms with van der Waals surface area (Å²) in [5, 5.41) is 1.03. The zero-order chi connectivity index (χ0) is 24.6. The Balaban J connectivity index is 1.17. The number of amides is 1.